The van der Waals surface area contributed by atoms with Crippen LogP contribution in [0.4, 0.5) is 30.7 Å². The fraction of sp³-hybridized carbons (Fsp3) is 0.462. The van der Waals surface area contributed by atoms with Crippen LogP contribution in [0.1, 0.15) is 24.2 Å². The van der Waals surface area contributed by atoms with Crippen molar-refractivity contribution in [2.24, 2.45) is 7.05 Å². The fourth-order valence-electron chi connectivity index (χ4n) is 4.98. The highest BCUT2D eigenvalue weighted by molar-refractivity contribution is 5.73. The van der Waals surface area contributed by atoms with E-state index in [-0.39, 0.29) is 11.4 Å². The van der Waals surface area contributed by atoms with Gasteiger partial charge >= 0.3 is 24.3 Å². The molecule has 0 atom stereocenters. The van der Waals surface area contributed by atoms with Crippen LogP contribution < -0.4 is 0 Å². The summed E-state index contributed by atoms with van der Waals surface area (Å²) in [5.74, 6) is -4.59. The lowest BCUT2D eigenvalue weighted by Gasteiger charge is -2.49. The van der Waals surface area contributed by atoms with Gasteiger partial charge in [-0.3, -0.25) is 14.5 Å². The molecule has 2 aromatic heterocycles. The number of likely N-dealkylation sites (N-methyl/N-ethyl adjacent to an activating group) is 1. The number of carboxylic acid groups (broad SMARTS) is 2. The number of aryl methyl sites for hydroxylation is 1. The van der Waals surface area contributed by atoms with Crippen molar-refractivity contribution in [2.75, 3.05) is 26.7 Å². The number of nitrogens with zero attached hydrogens (tertiary/aromatic N) is 6. The number of aromatic nitrogens is 4. The zero-order valence-electron chi connectivity index (χ0n) is 23.0. The van der Waals surface area contributed by atoms with Crippen LogP contribution in [-0.4, -0.2) is 90.3 Å². The Morgan fingerprint density at radius 2 is 1.51 bits per heavy atom. The van der Waals surface area contributed by atoms with Gasteiger partial charge in [0, 0.05) is 57.1 Å². The highest BCUT2D eigenvalue weighted by Gasteiger charge is 2.45. The number of benzene rings is 1. The maximum Gasteiger partial charge on any atom is 0.490 e. The molecular weight excluding hydrogens is 593 g/mol. The van der Waals surface area contributed by atoms with Crippen molar-refractivity contribution < 1.29 is 50.5 Å². The average Bonchev–Trinajstić information content (AvgIpc) is 3.53. The number of halogens is 7. The minimum atomic E-state index is -5.08. The average molecular weight is 623 g/mol. The van der Waals surface area contributed by atoms with E-state index in [0.717, 1.165) is 62.6 Å². The highest BCUT2D eigenvalue weighted by Crippen LogP contribution is 2.41. The van der Waals surface area contributed by atoms with E-state index in [1.165, 1.54) is 11.6 Å². The fourth-order valence-corrected chi connectivity index (χ4v) is 4.98. The second-order valence-electron chi connectivity index (χ2n) is 9.99. The van der Waals surface area contributed by atoms with E-state index in [1.807, 2.05) is 30.2 Å². The first-order chi connectivity index (χ1) is 19.9. The van der Waals surface area contributed by atoms with Crippen LogP contribution in [0.25, 0.3) is 11.3 Å². The Hall–Kier alpha value is -3.99. The van der Waals surface area contributed by atoms with Crippen molar-refractivity contribution in [2.45, 2.75) is 43.8 Å². The topological polar surface area (TPSA) is 117 Å². The summed E-state index contributed by atoms with van der Waals surface area (Å²) in [5, 5.41) is 18.5. The Morgan fingerprint density at radius 1 is 0.930 bits per heavy atom. The molecule has 10 nitrogen and oxygen atoms in total. The third kappa shape index (κ3) is 8.31. The predicted octanol–water partition coefficient (Wildman–Crippen LogP) is 4.13. The van der Waals surface area contributed by atoms with Crippen LogP contribution in [0.15, 0.2) is 42.9 Å². The molecule has 3 aromatic rings. The van der Waals surface area contributed by atoms with E-state index < -0.39 is 24.3 Å². The molecule has 17 heteroatoms. The Balaban J connectivity index is 0.000000303. The van der Waals surface area contributed by atoms with Gasteiger partial charge in [0.1, 0.15) is 11.6 Å². The number of likely N-dealkylation sites (tertiary alicyclic amines) is 1. The Labute approximate surface area is 240 Å². The van der Waals surface area contributed by atoms with Crippen LogP contribution in [0.3, 0.4) is 0 Å². The van der Waals surface area contributed by atoms with Crippen molar-refractivity contribution in [3.05, 3.63) is 60.1 Å². The molecule has 2 aliphatic heterocycles. The molecule has 2 N–H and O–H groups in total. The van der Waals surface area contributed by atoms with E-state index in [0.29, 0.717) is 0 Å². The number of rotatable bonds is 3. The van der Waals surface area contributed by atoms with Crippen molar-refractivity contribution in [1.29, 1.82) is 0 Å². The minimum Gasteiger partial charge on any atom is -0.475 e. The molecule has 0 bridgehead atoms. The summed E-state index contributed by atoms with van der Waals surface area (Å²) in [5.41, 5.74) is 3.13. The predicted molar refractivity (Wildman–Crippen MR) is 137 cm³/mol. The smallest absolute Gasteiger partial charge is 0.475 e. The first-order valence-corrected chi connectivity index (χ1v) is 12.8. The van der Waals surface area contributed by atoms with E-state index in [9.17, 15) is 30.7 Å². The minimum absolute atomic E-state index is 0.0464. The molecule has 1 fully saturated rings. The third-order valence-electron chi connectivity index (χ3n) is 7.11. The van der Waals surface area contributed by atoms with Crippen molar-refractivity contribution in [3.63, 3.8) is 0 Å². The first-order valence-electron chi connectivity index (χ1n) is 12.8. The van der Waals surface area contributed by atoms with Crippen molar-refractivity contribution >= 4 is 11.9 Å². The number of carbonyl (C=O) groups is 2. The molecule has 236 valence electrons. The number of carboxylic acids is 2. The van der Waals surface area contributed by atoms with Crippen molar-refractivity contribution in [3.8, 4) is 11.3 Å². The van der Waals surface area contributed by atoms with Gasteiger partial charge in [-0.25, -0.2) is 19.0 Å². The summed E-state index contributed by atoms with van der Waals surface area (Å²) in [4.78, 5) is 27.6. The van der Waals surface area contributed by atoms with Gasteiger partial charge in [0.05, 0.1) is 23.6 Å². The Kier molecular flexibility index (Phi) is 10.2. The SMILES string of the molecule is CN1CCn2c(-c3cccc(F)c3)cnc2C12CCN(Cc1cnn(C)c1)CC2.O=C(O)C(F)(F)F.O=C(O)C(F)(F)F. The van der Waals surface area contributed by atoms with E-state index >= 15 is 0 Å². The molecule has 43 heavy (non-hydrogen) atoms. The number of piperidine rings is 1. The Bertz CT molecular complexity index is 1390. The standard InChI is InChI=1S/C22H27FN6.2C2HF3O2/c1-26-10-11-29-20(18-4-3-5-19(23)12-18)14-24-21(29)22(26)6-8-28(9-7-22)16-17-13-25-27(2)15-17;2*3-2(4,5)1(6)7/h3-5,12-15H,6-11,16H2,1-2H3;2*(H,6,7). The van der Waals surface area contributed by atoms with E-state index in [1.54, 1.807) is 12.1 Å². The maximum absolute atomic E-state index is 13.8. The molecule has 0 saturated carbocycles. The normalized spacial score (nSPS) is 16.9. The van der Waals surface area contributed by atoms with E-state index in [2.05, 4.69) is 32.7 Å². The molecule has 0 amide bonds. The maximum atomic E-state index is 13.8. The molecule has 1 saturated heterocycles. The highest BCUT2D eigenvalue weighted by atomic mass is 19.4. The second kappa shape index (κ2) is 13.1. The number of hydrogen-bond donors (Lipinski definition) is 2. The van der Waals surface area contributed by atoms with Gasteiger partial charge in [0.2, 0.25) is 0 Å². The zero-order chi connectivity index (χ0) is 32.2. The molecule has 0 aliphatic carbocycles. The first kappa shape index (κ1) is 33.5. The summed E-state index contributed by atoms with van der Waals surface area (Å²) in [6, 6.07) is 6.83. The van der Waals surface area contributed by atoms with Crippen molar-refractivity contribution in [1.82, 2.24) is 29.1 Å². The molecular formula is C26H29F7N6O4. The summed E-state index contributed by atoms with van der Waals surface area (Å²) in [6.45, 7) is 4.87. The summed E-state index contributed by atoms with van der Waals surface area (Å²) in [7, 11) is 4.18. The molecule has 0 radical (unpaired) electrons. The monoisotopic (exact) mass is 622 g/mol. The van der Waals surface area contributed by atoms with Crippen LogP contribution in [0, 0.1) is 5.82 Å². The number of alkyl halides is 6. The van der Waals surface area contributed by atoms with Crippen LogP contribution in [0.5, 0.6) is 0 Å². The largest absolute Gasteiger partial charge is 0.490 e. The lowest BCUT2D eigenvalue weighted by molar-refractivity contribution is -0.193. The van der Waals surface area contributed by atoms with Crippen LogP contribution >= 0.6 is 0 Å². The molecule has 5 rings (SSSR count). The van der Waals surface area contributed by atoms with Gasteiger partial charge in [0.25, 0.3) is 0 Å². The molecule has 1 aromatic carbocycles. The summed E-state index contributed by atoms with van der Waals surface area (Å²) < 4.78 is 81.4. The number of hydrogen-bond acceptors (Lipinski definition) is 6. The second-order valence-corrected chi connectivity index (χ2v) is 9.99. The molecule has 0 unspecified atom stereocenters. The summed E-state index contributed by atoms with van der Waals surface area (Å²) >= 11 is 0. The molecule has 1 spiro atoms. The van der Waals surface area contributed by atoms with Crippen LogP contribution in [-0.2, 0) is 35.3 Å². The van der Waals surface area contributed by atoms with Gasteiger partial charge in [-0.2, -0.15) is 31.4 Å². The Morgan fingerprint density at radius 3 is 2.00 bits per heavy atom. The number of aliphatic carboxylic acids is 2. The molecule has 2 aliphatic rings. The van der Waals surface area contributed by atoms with Gasteiger partial charge in [-0.1, -0.05) is 12.1 Å². The zero-order valence-corrected chi connectivity index (χ0v) is 23.0. The molecule has 4 heterocycles. The summed E-state index contributed by atoms with van der Waals surface area (Å²) in [6.07, 6.45) is -2.11. The van der Waals surface area contributed by atoms with Crippen LogP contribution in [0.2, 0.25) is 0 Å². The third-order valence-corrected chi connectivity index (χ3v) is 7.11. The number of fused-ring (bicyclic) bond motifs is 2. The van der Waals surface area contributed by atoms with E-state index in [4.69, 9.17) is 24.8 Å². The van der Waals surface area contributed by atoms with Gasteiger partial charge in [-0.15, -0.1) is 0 Å². The van der Waals surface area contributed by atoms with Gasteiger partial charge in [0.15, 0.2) is 0 Å². The lowest BCUT2D eigenvalue weighted by Crippen LogP contribution is -2.56. The van der Waals surface area contributed by atoms with Gasteiger partial charge in [-0.05, 0) is 32.0 Å². The quantitative estimate of drug-likeness (QED) is 0.419. The van der Waals surface area contributed by atoms with Gasteiger partial charge < -0.3 is 14.8 Å². The number of imidazole rings is 1. The lowest BCUT2D eigenvalue weighted by atomic mass is 9.83.